The van der Waals surface area contributed by atoms with Crippen LogP contribution in [0.3, 0.4) is 0 Å². The highest BCUT2D eigenvalue weighted by Crippen LogP contribution is 2.20. The fraction of sp³-hybridized carbons (Fsp3) is 0.303. The smallest absolute Gasteiger partial charge is 0.340 e. The molecule has 45 heavy (non-hydrogen) atoms. The number of esters is 2. The number of nitrogen functional groups attached to an aromatic ring is 1. The number of benzene rings is 2. The van der Waals surface area contributed by atoms with Crippen molar-refractivity contribution in [2.24, 2.45) is 0 Å². The summed E-state index contributed by atoms with van der Waals surface area (Å²) >= 11 is 0. The molecule has 246 valence electrons. The number of hydrogen-bond donors (Lipinski definition) is 5. The molecule has 0 spiro atoms. The van der Waals surface area contributed by atoms with Crippen LogP contribution in [0.25, 0.3) is 0 Å². The highest BCUT2D eigenvalue weighted by molar-refractivity contribution is 6.00. The Balaban J connectivity index is 0. The van der Waals surface area contributed by atoms with E-state index >= 15 is 0 Å². The van der Waals surface area contributed by atoms with Gasteiger partial charge in [0.1, 0.15) is 22.6 Å². The predicted molar refractivity (Wildman–Crippen MR) is 172 cm³/mol. The van der Waals surface area contributed by atoms with Crippen LogP contribution in [0.5, 0.6) is 11.5 Å². The summed E-state index contributed by atoms with van der Waals surface area (Å²) in [6.07, 6.45) is 0.114. The van der Waals surface area contributed by atoms with Gasteiger partial charge in [-0.25, -0.2) is 19.2 Å². The summed E-state index contributed by atoms with van der Waals surface area (Å²) < 4.78 is 4.30. The Hall–Kier alpha value is -5.23. The lowest BCUT2D eigenvalue weighted by atomic mass is 10.0. The monoisotopic (exact) mass is 628 g/mol. The summed E-state index contributed by atoms with van der Waals surface area (Å²) in [5, 5.41) is 35.5. The predicted octanol–water partition coefficient (Wildman–Crippen LogP) is 5.01. The maximum atomic E-state index is 11.3. The van der Waals surface area contributed by atoms with E-state index in [2.05, 4.69) is 50.1 Å². The number of hydrogen-bond acceptors (Lipinski definition) is 10. The number of carboxylic acid groups (broad SMARTS) is 2. The number of aromatic carboxylic acids is 2. The largest absolute Gasteiger partial charge is 0.507 e. The molecular weight excluding hydrogens is 584 g/mol. The number of anilines is 1. The molecular formula is C33H44N2O10. The van der Waals surface area contributed by atoms with Crippen molar-refractivity contribution < 1.29 is 49.1 Å². The number of ether oxygens (including phenoxy) is 1. The van der Waals surface area contributed by atoms with E-state index in [-0.39, 0.29) is 46.0 Å². The normalized spacial score (nSPS) is 9.49. The van der Waals surface area contributed by atoms with Crippen LogP contribution in [0.2, 0.25) is 0 Å². The van der Waals surface area contributed by atoms with Gasteiger partial charge in [0.2, 0.25) is 0 Å². The molecule has 2 aromatic rings. The van der Waals surface area contributed by atoms with E-state index in [0.717, 1.165) is 0 Å². The molecule has 0 saturated heterocycles. The highest BCUT2D eigenvalue weighted by atomic mass is 16.6. The molecule has 0 aliphatic carbocycles. The number of nitrogens with two attached hydrogens (primary N) is 1. The topological polar surface area (TPSA) is 205 Å². The Morgan fingerprint density at radius 3 is 1.40 bits per heavy atom. The molecule has 0 unspecified atom stereocenters. The molecule has 0 saturated carbocycles. The molecule has 0 heterocycles. The van der Waals surface area contributed by atoms with Gasteiger partial charge in [0.05, 0.1) is 0 Å². The lowest BCUT2D eigenvalue weighted by Crippen LogP contribution is -2.21. The first kappa shape index (κ1) is 41.9. The van der Waals surface area contributed by atoms with Gasteiger partial charge in [-0.05, 0) is 75.8 Å². The molecule has 2 rings (SSSR count). The first-order chi connectivity index (χ1) is 20.8. The van der Waals surface area contributed by atoms with Crippen LogP contribution in [-0.2, 0) is 25.5 Å². The van der Waals surface area contributed by atoms with Gasteiger partial charge in [0.15, 0.2) is 5.78 Å². The standard InChI is InChI=1S/C12H12O4.C8H10O3.C7H7NO3.C6H15N/c1-7(2)10(13)5-8-3-4-9(12(15)16)11(14)6-8;1-5(2)7(9)11-8(10)6(3)4;8-4-1-2-5(7(10)11)6(9)3-4;1-4-7(5-2)6-3/h3-4,6,14H,1,5H2,2H3,(H,15,16);1,3H2,2,4H3;1-3,9H,8H2,(H,10,11);4-6H2,1-3H3. The van der Waals surface area contributed by atoms with Crippen molar-refractivity contribution in [2.45, 2.75) is 48.0 Å². The van der Waals surface area contributed by atoms with Gasteiger partial charge in [-0.2, -0.15) is 0 Å². The number of ketones is 1. The summed E-state index contributed by atoms with van der Waals surface area (Å²) in [6, 6.07) is 7.94. The zero-order valence-electron chi connectivity index (χ0n) is 26.7. The van der Waals surface area contributed by atoms with Crippen LogP contribution in [0.1, 0.15) is 67.8 Å². The fourth-order valence-corrected chi connectivity index (χ4v) is 2.86. The molecule has 0 aromatic heterocycles. The van der Waals surface area contributed by atoms with E-state index in [4.69, 9.17) is 21.1 Å². The van der Waals surface area contributed by atoms with E-state index in [1.165, 1.54) is 69.9 Å². The van der Waals surface area contributed by atoms with Gasteiger partial charge in [-0.1, -0.05) is 46.6 Å². The van der Waals surface area contributed by atoms with Crippen molar-refractivity contribution in [1.29, 1.82) is 0 Å². The summed E-state index contributed by atoms with van der Waals surface area (Å²) in [5.74, 6) is -4.56. The van der Waals surface area contributed by atoms with Crippen LogP contribution >= 0.6 is 0 Å². The SMILES string of the molecule is C=C(C)C(=O)Cc1ccc(C(=O)O)c(O)c1.C=C(C)C(=O)OC(=O)C(=C)C.CCN(CC)CC.Nc1ccc(C(=O)O)c(O)c1. The third-order valence-corrected chi connectivity index (χ3v) is 5.61. The number of Topliss-reactive ketones (excluding diaryl/α,β-unsaturated/α-hetero) is 1. The van der Waals surface area contributed by atoms with Crippen molar-refractivity contribution in [3.8, 4) is 11.5 Å². The van der Waals surface area contributed by atoms with Gasteiger partial charge in [-0.15, -0.1) is 0 Å². The Labute approximate surface area is 263 Å². The minimum atomic E-state index is -1.20. The van der Waals surface area contributed by atoms with Crippen LogP contribution in [0, 0.1) is 0 Å². The molecule has 0 aliphatic heterocycles. The van der Waals surface area contributed by atoms with E-state index < -0.39 is 23.9 Å². The third kappa shape index (κ3) is 17.5. The van der Waals surface area contributed by atoms with Crippen LogP contribution in [0.15, 0.2) is 72.9 Å². The number of carbonyl (C=O) groups is 5. The quantitative estimate of drug-likeness (QED) is 0.102. The summed E-state index contributed by atoms with van der Waals surface area (Å²) in [4.78, 5) is 56.0. The Morgan fingerprint density at radius 1 is 0.711 bits per heavy atom. The number of aromatic hydroxyl groups is 2. The minimum Gasteiger partial charge on any atom is -0.507 e. The number of nitrogens with zero attached hydrogens (tertiary/aromatic N) is 1. The van der Waals surface area contributed by atoms with E-state index in [1.54, 1.807) is 6.92 Å². The Morgan fingerprint density at radius 2 is 1.11 bits per heavy atom. The van der Waals surface area contributed by atoms with Gasteiger partial charge in [0, 0.05) is 29.3 Å². The molecule has 0 radical (unpaired) electrons. The van der Waals surface area contributed by atoms with Crippen molar-refractivity contribution >= 4 is 35.3 Å². The number of allylic oxidation sites excluding steroid dienone is 1. The Bertz CT molecular complexity index is 1360. The maximum Gasteiger partial charge on any atom is 0.340 e. The maximum absolute atomic E-state index is 11.3. The summed E-state index contributed by atoms with van der Waals surface area (Å²) in [7, 11) is 0. The molecule has 2 aromatic carbocycles. The van der Waals surface area contributed by atoms with Crippen LogP contribution in [0.4, 0.5) is 5.69 Å². The van der Waals surface area contributed by atoms with E-state index in [1.807, 2.05) is 0 Å². The van der Waals surface area contributed by atoms with Crippen molar-refractivity contribution in [2.75, 3.05) is 25.4 Å². The number of carboxylic acids is 2. The second-order valence-electron chi connectivity index (χ2n) is 9.48. The zero-order valence-corrected chi connectivity index (χ0v) is 26.7. The highest BCUT2D eigenvalue weighted by Gasteiger charge is 2.12. The molecule has 0 bridgehead atoms. The second-order valence-corrected chi connectivity index (χ2v) is 9.48. The molecule has 0 atom stereocenters. The molecule has 6 N–H and O–H groups in total. The molecule has 0 aliphatic rings. The van der Waals surface area contributed by atoms with Crippen molar-refractivity contribution in [3.63, 3.8) is 0 Å². The van der Waals surface area contributed by atoms with Crippen molar-refractivity contribution in [3.05, 3.63) is 89.5 Å². The van der Waals surface area contributed by atoms with Gasteiger partial charge in [-0.3, -0.25) is 4.79 Å². The zero-order chi connectivity index (χ0) is 35.4. The number of carbonyl (C=O) groups excluding carboxylic acids is 3. The average Bonchev–Trinajstić information content (AvgIpc) is 2.94. The van der Waals surface area contributed by atoms with Gasteiger partial charge in [0.25, 0.3) is 0 Å². The van der Waals surface area contributed by atoms with E-state index in [0.29, 0.717) is 16.8 Å². The Kier molecular flexibility index (Phi) is 20.0. The van der Waals surface area contributed by atoms with Gasteiger partial charge < -0.3 is 35.8 Å². The lowest BCUT2D eigenvalue weighted by molar-refractivity contribution is -0.153. The summed E-state index contributed by atoms with van der Waals surface area (Å²) in [6.45, 7) is 24.8. The van der Waals surface area contributed by atoms with Crippen molar-refractivity contribution in [1.82, 2.24) is 4.90 Å². The number of rotatable bonds is 10. The van der Waals surface area contributed by atoms with Crippen LogP contribution in [-0.4, -0.2) is 74.6 Å². The second kappa shape index (κ2) is 21.5. The number of phenols is 2. The lowest BCUT2D eigenvalue weighted by Gasteiger charge is -2.13. The summed E-state index contributed by atoms with van der Waals surface area (Å²) in [5.41, 5.74) is 6.69. The first-order valence-electron chi connectivity index (χ1n) is 13.7. The average molecular weight is 629 g/mol. The third-order valence-electron chi connectivity index (χ3n) is 5.61. The minimum absolute atomic E-state index is 0.114. The molecule has 0 fully saturated rings. The van der Waals surface area contributed by atoms with Crippen LogP contribution < -0.4 is 5.73 Å². The fourth-order valence-electron chi connectivity index (χ4n) is 2.86. The molecule has 0 amide bonds. The van der Waals surface area contributed by atoms with Gasteiger partial charge >= 0.3 is 23.9 Å². The first-order valence-corrected chi connectivity index (χ1v) is 13.7. The molecule has 12 nitrogen and oxygen atoms in total. The molecule has 12 heteroatoms. The van der Waals surface area contributed by atoms with E-state index in [9.17, 15) is 29.1 Å².